The first-order valence-corrected chi connectivity index (χ1v) is 11.4. The van der Waals surface area contributed by atoms with Gasteiger partial charge in [0.25, 0.3) is 0 Å². The summed E-state index contributed by atoms with van der Waals surface area (Å²) < 4.78 is 5.27. The van der Waals surface area contributed by atoms with E-state index in [1.54, 1.807) is 19.2 Å². The molecule has 0 bridgehead atoms. The van der Waals surface area contributed by atoms with Gasteiger partial charge in [-0.3, -0.25) is 9.69 Å². The summed E-state index contributed by atoms with van der Waals surface area (Å²) in [5, 5.41) is 0. The molecule has 0 spiro atoms. The van der Waals surface area contributed by atoms with Crippen LogP contribution in [0.2, 0.25) is 0 Å². The number of nitrogens with zero attached hydrogens (tertiary/aromatic N) is 1. The molecule has 174 valence electrons. The van der Waals surface area contributed by atoms with Crippen LogP contribution in [0.3, 0.4) is 0 Å². The van der Waals surface area contributed by atoms with Gasteiger partial charge >= 0.3 is 11.9 Å². The fourth-order valence-electron chi connectivity index (χ4n) is 4.39. The molecule has 3 aromatic rings. The number of amides is 1. The van der Waals surface area contributed by atoms with Crippen molar-refractivity contribution in [2.75, 3.05) is 13.6 Å². The van der Waals surface area contributed by atoms with Gasteiger partial charge in [0.05, 0.1) is 5.56 Å². The van der Waals surface area contributed by atoms with Crippen LogP contribution in [0.15, 0.2) is 72.8 Å². The third-order valence-electron chi connectivity index (χ3n) is 6.29. The summed E-state index contributed by atoms with van der Waals surface area (Å²) in [4.78, 5) is 39.0. The second-order valence-electron chi connectivity index (χ2n) is 8.65. The van der Waals surface area contributed by atoms with Crippen molar-refractivity contribution in [3.05, 3.63) is 95.1 Å². The van der Waals surface area contributed by atoms with Gasteiger partial charge in [0.15, 0.2) is 0 Å². The highest BCUT2D eigenvalue weighted by molar-refractivity contribution is 5.99. The zero-order chi connectivity index (χ0) is 24.1. The lowest BCUT2D eigenvalue weighted by Crippen LogP contribution is -2.42. The Kier molecular flexibility index (Phi) is 7.18. The molecular formula is C28H28N2O4. The van der Waals surface area contributed by atoms with Crippen LogP contribution in [0, 0.1) is 0 Å². The number of primary amides is 1. The maximum Gasteiger partial charge on any atom is 0.345 e. The average molecular weight is 457 g/mol. The van der Waals surface area contributed by atoms with Crippen LogP contribution < -0.4 is 5.73 Å². The molecule has 0 saturated carbocycles. The first-order chi connectivity index (χ1) is 16.4. The number of hydrogen-bond donors (Lipinski definition) is 1. The lowest BCUT2D eigenvalue weighted by atomic mass is 10.0. The van der Waals surface area contributed by atoms with Crippen LogP contribution in [0.5, 0.6) is 0 Å². The molecule has 1 atom stereocenters. The number of rotatable bonds is 9. The van der Waals surface area contributed by atoms with E-state index in [0.29, 0.717) is 12.1 Å². The summed E-state index contributed by atoms with van der Waals surface area (Å²) in [5.74, 6) is -1.87. The van der Waals surface area contributed by atoms with Crippen molar-refractivity contribution < 1.29 is 19.1 Å². The highest BCUT2D eigenvalue weighted by Gasteiger charge is 2.28. The fourth-order valence-corrected chi connectivity index (χ4v) is 4.39. The molecule has 0 fully saturated rings. The number of carbonyl (C=O) groups is 3. The zero-order valence-electron chi connectivity index (χ0n) is 19.2. The van der Waals surface area contributed by atoms with Crippen LogP contribution in [-0.2, 0) is 27.2 Å². The maximum atomic E-state index is 13.0. The monoisotopic (exact) mass is 456 g/mol. The van der Waals surface area contributed by atoms with E-state index in [0.717, 1.165) is 29.5 Å². The number of carbonyl (C=O) groups excluding carboxylic acids is 3. The van der Waals surface area contributed by atoms with E-state index in [9.17, 15) is 14.4 Å². The fraction of sp³-hybridized carbons (Fsp3) is 0.250. The van der Waals surface area contributed by atoms with Crippen molar-refractivity contribution in [1.82, 2.24) is 4.90 Å². The van der Waals surface area contributed by atoms with E-state index < -0.39 is 23.9 Å². The van der Waals surface area contributed by atoms with Crippen molar-refractivity contribution in [3.63, 3.8) is 0 Å². The van der Waals surface area contributed by atoms with Gasteiger partial charge in [-0.05, 0) is 66.3 Å². The molecule has 1 amide bonds. The van der Waals surface area contributed by atoms with Crippen molar-refractivity contribution in [1.29, 1.82) is 0 Å². The number of fused-ring (bicyclic) bond motifs is 3. The third kappa shape index (κ3) is 5.41. The standard InChI is InChI=1S/C28H28N2O4/c1-30(16-15-19-7-3-2-4-8-19)25(13-14-26(29)31)28(33)34-27(32)21-11-12-24-22(18-21)17-20-9-5-6-10-23(20)24/h2-12,18,25H,13-17H2,1H3,(H2,29,31)/t25-/m0/s1. The number of nitrogens with two attached hydrogens (primary N) is 1. The highest BCUT2D eigenvalue weighted by Crippen LogP contribution is 2.36. The Bertz CT molecular complexity index is 1210. The van der Waals surface area contributed by atoms with Crippen LogP contribution in [-0.4, -0.2) is 42.4 Å². The topological polar surface area (TPSA) is 89.7 Å². The van der Waals surface area contributed by atoms with Gasteiger partial charge in [0.2, 0.25) is 5.91 Å². The normalized spacial score (nSPS) is 12.6. The number of hydrogen-bond acceptors (Lipinski definition) is 5. The molecule has 4 rings (SSSR count). The summed E-state index contributed by atoms with van der Waals surface area (Å²) in [6.07, 6.45) is 1.67. The Balaban J connectivity index is 1.43. The van der Waals surface area contributed by atoms with Gasteiger partial charge in [-0.15, -0.1) is 0 Å². The average Bonchev–Trinajstić information content (AvgIpc) is 3.21. The summed E-state index contributed by atoms with van der Waals surface area (Å²) in [6, 6.07) is 22.7. The summed E-state index contributed by atoms with van der Waals surface area (Å²) in [6.45, 7) is 0.563. The van der Waals surface area contributed by atoms with E-state index in [4.69, 9.17) is 10.5 Å². The Labute approximate surface area is 199 Å². The molecule has 0 saturated heterocycles. The minimum absolute atomic E-state index is 0.0285. The summed E-state index contributed by atoms with van der Waals surface area (Å²) in [7, 11) is 1.78. The molecule has 3 aromatic carbocycles. The predicted octanol–water partition coefficient (Wildman–Crippen LogP) is 3.75. The van der Waals surface area contributed by atoms with Gasteiger partial charge in [0.1, 0.15) is 6.04 Å². The van der Waals surface area contributed by atoms with Crippen molar-refractivity contribution in [3.8, 4) is 11.1 Å². The highest BCUT2D eigenvalue weighted by atomic mass is 16.6. The molecule has 1 aliphatic rings. The van der Waals surface area contributed by atoms with Crippen LogP contribution in [0.25, 0.3) is 11.1 Å². The third-order valence-corrected chi connectivity index (χ3v) is 6.29. The van der Waals surface area contributed by atoms with Crippen LogP contribution in [0.4, 0.5) is 0 Å². The Hall–Kier alpha value is -3.77. The van der Waals surface area contributed by atoms with E-state index in [2.05, 4.69) is 12.1 Å². The molecule has 0 aromatic heterocycles. The smallest absolute Gasteiger partial charge is 0.345 e. The molecule has 6 heteroatoms. The molecular weight excluding hydrogens is 428 g/mol. The maximum absolute atomic E-state index is 13.0. The van der Waals surface area contributed by atoms with Crippen molar-refractivity contribution >= 4 is 17.8 Å². The van der Waals surface area contributed by atoms with E-state index in [1.165, 1.54) is 11.1 Å². The second-order valence-corrected chi connectivity index (χ2v) is 8.65. The lowest BCUT2D eigenvalue weighted by molar-refractivity contribution is -0.144. The first kappa shape index (κ1) is 23.4. The number of likely N-dealkylation sites (N-methyl/N-ethyl adjacent to an activating group) is 1. The van der Waals surface area contributed by atoms with Gasteiger partial charge in [-0.25, -0.2) is 9.59 Å². The van der Waals surface area contributed by atoms with Crippen LogP contribution >= 0.6 is 0 Å². The molecule has 0 unspecified atom stereocenters. The molecule has 0 aliphatic heterocycles. The largest absolute Gasteiger partial charge is 0.388 e. The van der Waals surface area contributed by atoms with Crippen molar-refractivity contribution in [2.24, 2.45) is 5.73 Å². The number of esters is 2. The first-order valence-electron chi connectivity index (χ1n) is 11.4. The minimum atomic E-state index is -0.751. The molecule has 2 N–H and O–H groups in total. The second kappa shape index (κ2) is 10.4. The van der Waals surface area contributed by atoms with Crippen molar-refractivity contribution in [2.45, 2.75) is 31.7 Å². The van der Waals surface area contributed by atoms with Crippen LogP contribution in [0.1, 0.15) is 39.9 Å². The predicted molar refractivity (Wildman–Crippen MR) is 130 cm³/mol. The molecule has 0 heterocycles. The molecule has 34 heavy (non-hydrogen) atoms. The zero-order valence-corrected chi connectivity index (χ0v) is 19.2. The Morgan fingerprint density at radius 2 is 1.65 bits per heavy atom. The van der Waals surface area contributed by atoms with Gasteiger partial charge in [0, 0.05) is 13.0 Å². The van der Waals surface area contributed by atoms with Gasteiger partial charge in [-0.2, -0.15) is 0 Å². The summed E-state index contributed by atoms with van der Waals surface area (Å²) >= 11 is 0. The quantitative estimate of drug-likeness (QED) is 0.306. The van der Waals surface area contributed by atoms with Gasteiger partial charge < -0.3 is 10.5 Å². The van der Waals surface area contributed by atoms with E-state index in [1.807, 2.05) is 53.4 Å². The lowest BCUT2D eigenvalue weighted by Gasteiger charge is -2.25. The molecule has 1 aliphatic carbocycles. The number of benzene rings is 3. The summed E-state index contributed by atoms with van der Waals surface area (Å²) in [5.41, 5.74) is 11.3. The van der Waals surface area contributed by atoms with Gasteiger partial charge in [-0.1, -0.05) is 60.7 Å². The molecule has 6 nitrogen and oxygen atoms in total. The Morgan fingerprint density at radius 1 is 0.941 bits per heavy atom. The number of ether oxygens (including phenoxy) is 1. The SMILES string of the molecule is CN(CCc1ccccc1)[C@@H](CCC(N)=O)C(=O)OC(=O)c1ccc2c(c1)Cc1ccccc1-2. The van der Waals surface area contributed by atoms with E-state index >= 15 is 0 Å². The Morgan fingerprint density at radius 3 is 2.41 bits per heavy atom. The van der Waals surface area contributed by atoms with E-state index in [-0.39, 0.29) is 12.8 Å². The minimum Gasteiger partial charge on any atom is -0.388 e. The molecule has 0 radical (unpaired) electrons.